The van der Waals surface area contributed by atoms with Gasteiger partial charge in [0.1, 0.15) is 17.5 Å². The molecule has 0 spiro atoms. The number of fused-ring (bicyclic) bond motifs is 1. The first kappa shape index (κ1) is 17.9. The highest BCUT2D eigenvalue weighted by Crippen LogP contribution is 2.36. The number of pyridine rings is 1. The molecule has 0 unspecified atom stereocenters. The Bertz CT molecular complexity index is 962. The minimum absolute atomic E-state index is 0.0477. The molecular weight excluding hydrogens is 346 g/mol. The Kier molecular flexibility index (Phi) is 4.79. The van der Waals surface area contributed by atoms with Gasteiger partial charge in [-0.25, -0.2) is 13.8 Å². The van der Waals surface area contributed by atoms with Crippen LogP contribution in [0.4, 0.5) is 14.6 Å². The van der Waals surface area contributed by atoms with E-state index in [-0.39, 0.29) is 6.61 Å². The fourth-order valence-electron chi connectivity index (χ4n) is 4.03. The molecule has 1 aromatic heterocycles. The van der Waals surface area contributed by atoms with Crippen molar-refractivity contribution in [2.75, 3.05) is 24.6 Å². The molecule has 0 radical (unpaired) electrons. The highest BCUT2D eigenvalue weighted by atomic mass is 19.1. The molecule has 0 bridgehead atoms. The fourth-order valence-corrected chi connectivity index (χ4v) is 4.03. The Morgan fingerprint density at radius 2 is 1.93 bits per heavy atom. The summed E-state index contributed by atoms with van der Waals surface area (Å²) in [6, 6.07) is 15.7. The minimum Gasteiger partial charge on any atom is -0.396 e. The van der Waals surface area contributed by atoms with Crippen molar-refractivity contribution in [3.8, 4) is 0 Å². The maximum absolute atomic E-state index is 14.2. The number of anilines is 1. The zero-order valence-electron chi connectivity index (χ0n) is 15.0. The van der Waals surface area contributed by atoms with Gasteiger partial charge in [-0.15, -0.1) is 0 Å². The second-order valence-electron chi connectivity index (χ2n) is 7.46. The first-order chi connectivity index (χ1) is 13.1. The molecule has 0 amide bonds. The van der Waals surface area contributed by atoms with Crippen molar-refractivity contribution in [3.63, 3.8) is 0 Å². The molecular formula is C22H22F2N2O. The Morgan fingerprint density at radius 1 is 1.07 bits per heavy atom. The van der Waals surface area contributed by atoms with Crippen molar-refractivity contribution in [1.82, 2.24) is 4.98 Å². The molecule has 3 nitrogen and oxygen atoms in total. The van der Waals surface area contributed by atoms with Crippen molar-refractivity contribution in [1.29, 1.82) is 0 Å². The van der Waals surface area contributed by atoms with E-state index in [4.69, 9.17) is 4.98 Å². The van der Waals surface area contributed by atoms with Gasteiger partial charge < -0.3 is 10.0 Å². The summed E-state index contributed by atoms with van der Waals surface area (Å²) in [5.74, 6) is -0.269. The van der Waals surface area contributed by atoms with Crippen molar-refractivity contribution < 1.29 is 13.9 Å². The standard InChI is InChI=1S/C22H22F2N2O/c23-18-8-6-17(19(24)12-18)13-22(15-27)10-3-11-26(14-22)21-9-7-16-4-1-2-5-20(16)25-21/h1-2,4-9,12,27H,3,10-11,13-15H2/t22-/m1/s1. The molecule has 0 saturated carbocycles. The van der Waals surface area contributed by atoms with E-state index in [1.54, 1.807) is 0 Å². The van der Waals surface area contributed by atoms with E-state index < -0.39 is 17.0 Å². The van der Waals surface area contributed by atoms with Crippen LogP contribution in [-0.4, -0.2) is 29.8 Å². The lowest BCUT2D eigenvalue weighted by Crippen LogP contribution is -2.47. The molecule has 0 aliphatic carbocycles. The van der Waals surface area contributed by atoms with E-state index in [1.807, 2.05) is 36.4 Å². The van der Waals surface area contributed by atoms with Gasteiger partial charge in [-0.05, 0) is 49.1 Å². The number of para-hydroxylation sites is 1. The van der Waals surface area contributed by atoms with E-state index in [2.05, 4.69) is 4.90 Å². The van der Waals surface area contributed by atoms with Crippen LogP contribution in [-0.2, 0) is 6.42 Å². The van der Waals surface area contributed by atoms with Gasteiger partial charge in [0, 0.05) is 30.0 Å². The van der Waals surface area contributed by atoms with E-state index in [0.29, 0.717) is 18.5 Å². The predicted octanol–water partition coefficient (Wildman–Crippen LogP) is 4.33. The van der Waals surface area contributed by atoms with Gasteiger partial charge in [0.25, 0.3) is 0 Å². The lowest BCUT2D eigenvalue weighted by molar-refractivity contribution is 0.104. The smallest absolute Gasteiger partial charge is 0.129 e. The Hall–Kier alpha value is -2.53. The molecule has 1 saturated heterocycles. The van der Waals surface area contributed by atoms with Crippen molar-refractivity contribution in [2.45, 2.75) is 19.3 Å². The number of piperidine rings is 1. The van der Waals surface area contributed by atoms with Crippen LogP contribution in [0.2, 0.25) is 0 Å². The Morgan fingerprint density at radius 3 is 2.74 bits per heavy atom. The van der Waals surface area contributed by atoms with E-state index in [1.165, 1.54) is 12.1 Å². The van der Waals surface area contributed by atoms with Gasteiger partial charge in [0.2, 0.25) is 0 Å². The van der Waals surface area contributed by atoms with Gasteiger partial charge in [0.15, 0.2) is 0 Å². The zero-order valence-corrected chi connectivity index (χ0v) is 15.0. The number of nitrogens with zero attached hydrogens (tertiary/aromatic N) is 2. The fraction of sp³-hybridized carbons (Fsp3) is 0.318. The number of benzene rings is 2. The van der Waals surface area contributed by atoms with Crippen LogP contribution >= 0.6 is 0 Å². The molecule has 27 heavy (non-hydrogen) atoms. The van der Waals surface area contributed by atoms with Gasteiger partial charge in [-0.2, -0.15) is 0 Å². The predicted molar refractivity (Wildman–Crippen MR) is 103 cm³/mol. The minimum atomic E-state index is -0.583. The third-order valence-electron chi connectivity index (χ3n) is 5.49. The number of aliphatic hydroxyl groups excluding tert-OH is 1. The monoisotopic (exact) mass is 368 g/mol. The summed E-state index contributed by atoms with van der Waals surface area (Å²) in [5, 5.41) is 11.2. The number of halogens is 2. The number of aliphatic hydroxyl groups is 1. The van der Waals surface area contributed by atoms with Crippen molar-refractivity contribution in [3.05, 3.63) is 71.8 Å². The van der Waals surface area contributed by atoms with Crippen LogP contribution in [0, 0.1) is 17.0 Å². The lowest BCUT2D eigenvalue weighted by atomic mass is 9.75. The molecule has 5 heteroatoms. The number of hydrogen-bond acceptors (Lipinski definition) is 3. The van der Waals surface area contributed by atoms with Crippen LogP contribution in [0.25, 0.3) is 10.9 Å². The summed E-state index contributed by atoms with van der Waals surface area (Å²) in [6.07, 6.45) is 2.06. The summed E-state index contributed by atoms with van der Waals surface area (Å²) in [6.45, 7) is 1.39. The Labute approximate surface area is 157 Å². The highest BCUT2D eigenvalue weighted by molar-refractivity contribution is 5.80. The van der Waals surface area contributed by atoms with E-state index >= 15 is 0 Å². The number of rotatable bonds is 4. The summed E-state index contributed by atoms with van der Waals surface area (Å²) in [7, 11) is 0. The van der Waals surface area contributed by atoms with Gasteiger partial charge in [-0.1, -0.05) is 24.3 Å². The summed E-state index contributed by atoms with van der Waals surface area (Å²) in [4.78, 5) is 6.92. The van der Waals surface area contributed by atoms with E-state index in [0.717, 1.165) is 42.2 Å². The second-order valence-corrected chi connectivity index (χ2v) is 7.46. The zero-order chi connectivity index (χ0) is 18.9. The van der Waals surface area contributed by atoms with Gasteiger partial charge >= 0.3 is 0 Å². The van der Waals surface area contributed by atoms with Crippen LogP contribution < -0.4 is 4.90 Å². The molecule has 1 N–H and O–H groups in total. The molecule has 4 rings (SSSR count). The maximum atomic E-state index is 14.2. The van der Waals surface area contributed by atoms with Crippen molar-refractivity contribution in [2.24, 2.45) is 5.41 Å². The normalized spacial score (nSPS) is 20.2. The SMILES string of the molecule is OC[C@@]1(Cc2ccc(F)cc2F)CCCN(c2ccc3ccccc3n2)C1. The first-order valence-corrected chi connectivity index (χ1v) is 9.24. The number of hydrogen-bond donors (Lipinski definition) is 1. The number of aromatic nitrogens is 1. The maximum Gasteiger partial charge on any atom is 0.129 e. The topological polar surface area (TPSA) is 36.4 Å². The largest absolute Gasteiger partial charge is 0.396 e. The van der Waals surface area contributed by atoms with Crippen LogP contribution in [0.15, 0.2) is 54.6 Å². The van der Waals surface area contributed by atoms with Crippen LogP contribution in [0.3, 0.4) is 0 Å². The first-order valence-electron chi connectivity index (χ1n) is 9.24. The molecule has 140 valence electrons. The summed E-state index contributed by atoms with van der Waals surface area (Å²) >= 11 is 0. The quantitative estimate of drug-likeness (QED) is 0.744. The van der Waals surface area contributed by atoms with Gasteiger partial charge in [-0.3, -0.25) is 0 Å². The molecule has 1 aliphatic rings. The molecule has 1 aliphatic heterocycles. The molecule has 3 aromatic rings. The average Bonchev–Trinajstić information content (AvgIpc) is 2.70. The third-order valence-corrected chi connectivity index (χ3v) is 5.49. The highest BCUT2D eigenvalue weighted by Gasteiger charge is 2.36. The Balaban J connectivity index is 1.60. The molecule has 1 fully saturated rings. The molecule has 1 atom stereocenters. The van der Waals surface area contributed by atoms with Gasteiger partial charge in [0.05, 0.1) is 12.1 Å². The van der Waals surface area contributed by atoms with Crippen LogP contribution in [0.5, 0.6) is 0 Å². The van der Waals surface area contributed by atoms with E-state index in [9.17, 15) is 13.9 Å². The lowest BCUT2D eigenvalue weighted by Gasteiger charge is -2.42. The summed E-state index contributed by atoms with van der Waals surface area (Å²) in [5.41, 5.74) is 0.906. The summed E-state index contributed by atoms with van der Waals surface area (Å²) < 4.78 is 27.4. The van der Waals surface area contributed by atoms with Crippen LogP contribution in [0.1, 0.15) is 18.4 Å². The average molecular weight is 368 g/mol. The molecule has 2 heterocycles. The molecule has 2 aromatic carbocycles. The second kappa shape index (κ2) is 7.24. The third kappa shape index (κ3) is 3.65. The van der Waals surface area contributed by atoms with Crippen molar-refractivity contribution >= 4 is 16.7 Å².